The van der Waals surface area contributed by atoms with Crippen molar-refractivity contribution >= 4 is 17.6 Å². The predicted octanol–water partition coefficient (Wildman–Crippen LogP) is 3.18. The van der Waals surface area contributed by atoms with Gasteiger partial charge in [0.15, 0.2) is 0 Å². The molecule has 2 rings (SSSR count). The summed E-state index contributed by atoms with van der Waals surface area (Å²) in [5, 5.41) is 2.33. The first-order valence-electron chi connectivity index (χ1n) is 6.84. The van der Waals surface area contributed by atoms with E-state index in [-0.39, 0.29) is 17.9 Å². The molecule has 0 fully saturated rings. The fourth-order valence-electron chi connectivity index (χ4n) is 1.93. The number of benzene rings is 2. The lowest BCUT2D eigenvalue weighted by Crippen LogP contribution is -2.11. The van der Waals surface area contributed by atoms with Crippen LogP contribution in [0.4, 0.5) is 10.1 Å². The largest absolute Gasteiger partial charge is 0.462 e. The van der Waals surface area contributed by atoms with Gasteiger partial charge in [0.25, 0.3) is 0 Å². The summed E-state index contributed by atoms with van der Waals surface area (Å²) in [6, 6.07) is 13.3. The molecule has 0 atom stereocenters. The van der Waals surface area contributed by atoms with Crippen LogP contribution >= 0.6 is 0 Å². The molecule has 22 heavy (non-hydrogen) atoms. The van der Waals surface area contributed by atoms with Gasteiger partial charge in [-0.15, -0.1) is 0 Å². The molecule has 0 unspecified atom stereocenters. The molecule has 1 amide bonds. The third-order valence-corrected chi connectivity index (χ3v) is 2.98. The smallest absolute Gasteiger partial charge is 0.338 e. The van der Waals surface area contributed by atoms with Gasteiger partial charge in [-0.3, -0.25) is 4.79 Å². The summed E-state index contributed by atoms with van der Waals surface area (Å²) in [7, 11) is 0. The van der Waals surface area contributed by atoms with Gasteiger partial charge in [0.1, 0.15) is 5.82 Å². The molecule has 114 valence electrons. The highest BCUT2D eigenvalue weighted by atomic mass is 19.1. The van der Waals surface area contributed by atoms with Crippen LogP contribution < -0.4 is 5.32 Å². The van der Waals surface area contributed by atoms with Crippen molar-refractivity contribution in [2.75, 3.05) is 11.9 Å². The molecule has 0 aliphatic heterocycles. The fourth-order valence-corrected chi connectivity index (χ4v) is 1.93. The molecule has 1 N–H and O–H groups in total. The van der Waals surface area contributed by atoms with Gasteiger partial charge >= 0.3 is 5.97 Å². The summed E-state index contributed by atoms with van der Waals surface area (Å²) in [6.07, 6.45) is 0.603. The van der Waals surface area contributed by atoms with Crippen LogP contribution in [-0.4, -0.2) is 18.5 Å². The molecule has 5 heteroatoms. The van der Waals surface area contributed by atoms with Crippen molar-refractivity contribution in [3.05, 3.63) is 65.5 Å². The van der Waals surface area contributed by atoms with Crippen molar-refractivity contribution in [2.24, 2.45) is 0 Å². The summed E-state index contributed by atoms with van der Waals surface area (Å²) in [4.78, 5) is 22.9. The zero-order chi connectivity index (χ0) is 15.9. The summed E-state index contributed by atoms with van der Waals surface area (Å²) >= 11 is 0. The minimum Gasteiger partial charge on any atom is -0.462 e. The van der Waals surface area contributed by atoms with Crippen LogP contribution in [0, 0.1) is 5.82 Å². The number of anilines is 1. The third-order valence-electron chi connectivity index (χ3n) is 2.98. The average molecular weight is 301 g/mol. The monoisotopic (exact) mass is 301 g/mol. The van der Waals surface area contributed by atoms with Crippen molar-refractivity contribution in [1.82, 2.24) is 0 Å². The number of esters is 1. The number of ether oxygens (including phenoxy) is 1. The summed E-state index contributed by atoms with van der Waals surface area (Å²) in [5.41, 5.74) is 1.22. The van der Waals surface area contributed by atoms with Crippen molar-refractivity contribution in [2.45, 2.75) is 13.3 Å². The lowest BCUT2D eigenvalue weighted by molar-refractivity contribution is -0.114. The van der Waals surface area contributed by atoms with Crippen LogP contribution in [0.5, 0.6) is 0 Å². The minimum absolute atomic E-state index is 0.0370. The summed E-state index contributed by atoms with van der Waals surface area (Å²) < 4.78 is 18.7. The molecule has 0 spiro atoms. The van der Waals surface area contributed by atoms with Gasteiger partial charge in [0, 0.05) is 13.3 Å². The Morgan fingerprint density at radius 3 is 2.55 bits per heavy atom. The number of hydrogen-bond acceptors (Lipinski definition) is 3. The number of nitrogens with one attached hydrogen (secondary N) is 1. The van der Waals surface area contributed by atoms with E-state index in [1.54, 1.807) is 0 Å². The molecule has 0 aliphatic rings. The van der Waals surface area contributed by atoms with E-state index in [1.807, 2.05) is 30.3 Å². The van der Waals surface area contributed by atoms with Gasteiger partial charge < -0.3 is 10.1 Å². The molecule has 4 nitrogen and oxygen atoms in total. The van der Waals surface area contributed by atoms with E-state index in [9.17, 15) is 14.0 Å². The number of carbonyl (C=O) groups is 2. The van der Waals surface area contributed by atoms with E-state index < -0.39 is 17.7 Å². The van der Waals surface area contributed by atoms with E-state index >= 15 is 0 Å². The number of halogens is 1. The number of rotatable bonds is 5. The van der Waals surface area contributed by atoms with E-state index in [4.69, 9.17) is 4.74 Å². The Morgan fingerprint density at radius 1 is 1.14 bits per heavy atom. The third kappa shape index (κ3) is 4.41. The highest BCUT2D eigenvalue weighted by Gasteiger charge is 2.11. The first kappa shape index (κ1) is 15.7. The van der Waals surface area contributed by atoms with E-state index in [2.05, 4.69) is 5.32 Å². The van der Waals surface area contributed by atoms with E-state index in [0.717, 1.165) is 11.6 Å². The van der Waals surface area contributed by atoms with Gasteiger partial charge in [0.05, 0.1) is 17.9 Å². The van der Waals surface area contributed by atoms with E-state index in [0.29, 0.717) is 6.42 Å². The first-order valence-corrected chi connectivity index (χ1v) is 6.84. The summed E-state index contributed by atoms with van der Waals surface area (Å²) in [6.45, 7) is 1.50. The van der Waals surface area contributed by atoms with Crippen LogP contribution in [0.15, 0.2) is 48.5 Å². The Kier molecular flexibility index (Phi) is 5.25. The van der Waals surface area contributed by atoms with Crippen molar-refractivity contribution in [3.63, 3.8) is 0 Å². The summed E-state index contributed by atoms with van der Waals surface area (Å²) in [5.74, 6) is -1.56. The van der Waals surface area contributed by atoms with E-state index in [1.165, 1.54) is 19.1 Å². The zero-order valence-corrected chi connectivity index (χ0v) is 12.1. The Hall–Kier alpha value is -2.69. The molecule has 0 heterocycles. The minimum atomic E-state index is -0.601. The molecule has 0 aliphatic carbocycles. The lowest BCUT2D eigenvalue weighted by Gasteiger charge is -2.08. The van der Waals surface area contributed by atoms with Gasteiger partial charge in [0.2, 0.25) is 5.91 Å². The second-order valence-electron chi connectivity index (χ2n) is 4.75. The molecule has 2 aromatic carbocycles. The van der Waals surface area contributed by atoms with Crippen LogP contribution in [0.25, 0.3) is 0 Å². The predicted molar refractivity (Wildman–Crippen MR) is 81.1 cm³/mol. The fraction of sp³-hybridized carbons (Fsp3) is 0.176. The average Bonchev–Trinajstić information content (AvgIpc) is 2.50. The Labute approximate surface area is 127 Å². The Bertz CT molecular complexity index is 671. The molecule has 0 radical (unpaired) electrons. The topological polar surface area (TPSA) is 55.4 Å². The van der Waals surface area contributed by atoms with Crippen molar-refractivity contribution in [1.29, 1.82) is 0 Å². The van der Waals surface area contributed by atoms with Gasteiger partial charge in [-0.1, -0.05) is 30.3 Å². The molecule has 0 bridgehead atoms. The van der Waals surface area contributed by atoms with Gasteiger partial charge in [-0.05, 0) is 23.8 Å². The van der Waals surface area contributed by atoms with Crippen molar-refractivity contribution < 1.29 is 18.7 Å². The normalized spacial score (nSPS) is 10.1. The molecular formula is C17H16FNO3. The quantitative estimate of drug-likeness (QED) is 0.863. The SMILES string of the molecule is CC(=O)Nc1cc(C(=O)OCCc2ccccc2)ccc1F. The highest BCUT2D eigenvalue weighted by molar-refractivity contribution is 5.93. The zero-order valence-electron chi connectivity index (χ0n) is 12.1. The molecule has 0 aromatic heterocycles. The second-order valence-corrected chi connectivity index (χ2v) is 4.75. The second kappa shape index (κ2) is 7.36. The maximum Gasteiger partial charge on any atom is 0.338 e. The van der Waals surface area contributed by atoms with Crippen LogP contribution in [0.2, 0.25) is 0 Å². The maximum atomic E-state index is 13.5. The van der Waals surface area contributed by atoms with Gasteiger partial charge in [-0.25, -0.2) is 9.18 Å². The molecule has 0 saturated heterocycles. The molecule has 0 saturated carbocycles. The number of carbonyl (C=O) groups excluding carboxylic acids is 2. The van der Waals surface area contributed by atoms with Crippen LogP contribution in [-0.2, 0) is 16.0 Å². The number of hydrogen-bond donors (Lipinski definition) is 1. The van der Waals surface area contributed by atoms with Gasteiger partial charge in [-0.2, -0.15) is 0 Å². The standard InChI is InChI=1S/C17H16FNO3/c1-12(20)19-16-11-14(7-8-15(16)18)17(21)22-10-9-13-5-3-2-4-6-13/h2-8,11H,9-10H2,1H3,(H,19,20). The Morgan fingerprint density at radius 2 is 1.86 bits per heavy atom. The van der Waals surface area contributed by atoms with Crippen LogP contribution in [0.3, 0.4) is 0 Å². The maximum absolute atomic E-state index is 13.5. The highest BCUT2D eigenvalue weighted by Crippen LogP contribution is 2.17. The van der Waals surface area contributed by atoms with Crippen molar-refractivity contribution in [3.8, 4) is 0 Å². The lowest BCUT2D eigenvalue weighted by atomic mass is 10.1. The number of amides is 1. The Balaban J connectivity index is 1.96. The van der Waals surface area contributed by atoms with Crippen LogP contribution in [0.1, 0.15) is 22.8 Å². The first-order chi connectivity index (χ1) is 10.6. The molecule has 2 aromatic rings. The molecular weight excluding hydrogens is 285 g/mol.